The van der Waals surface area contributed by atoms with Gasteiger partial charge < -0.3 is 10.7 Å². The maximum atomic E-state index is 11.3. The molecule has 0 atom stereocenters. The molecule has 26 heavy (non-hydrogen) atoms. The van der Waals surface area contributed by atoms with Crippen molar-refractivity contribution in [3.05, 3.63) is 58.8 Å². The van der Waals surface area contributed by atoms with Crippen LogP contribution in [-0.2, 0) is 0 Å². The summed E-state index contributed by atoms with van der Waals surface area (Å²) in [4.78, 5) is 19.4. The number of rotatable bonds is 3. The minimum atomic E-state index is -0.441. The molecule has 0 fully saturated rings. The summed E-state index contributed by atoms with van der Waals surface area (Å²) >= 11 is 0. The molecule has 6 heteroatoms. The molecule has 2 heterocycles. The molecular formula is C20H19N5O. The molecular weight excluding hydrogens is 326 g/mol. The van der Waals surface area contributed by atoms with E-state index in [1.165, 1.54) is 11.1 Å². The molecule has 2 aromatic carbocycles. The summed E-state index contributed by atoms with van der Waals surface area (Å²) in [7, 11) is 0. The number of nitrogens with two attached hydrogens (primary N) is 1. The third-order valence-electron chi connectivity index (χ3n) is 4.73. The SMILES string of the molecule is Cc1cc2nc(-c3n[nH]c(C)c3-c3ccc(C(N)=O)cc3)[nH]c2cc1C. The Morgan fingerprint density at radius 3 is 2.42 bits per heavy atom. The van der Waals surface area contributed by atoms with Gasteiger partial charge in [-0.3, -0.25) is 9.89 Å². The van der Waals surface area contributed by atoms with Crippen LogP contribution >= 0.6 is 0 Å². The van der Waals surface area contributed by atoms with Crippen molar-refractivity contribution >= 4 is 16.9 Å². The molecule has 4 aromatic rings. The van der Waals surface area contributed by atoms with Gasteiger partial charge in [0.15, 0.2) is 5.82 Å². The molecule has 130 valence electrons. The van der Waals surface area contributed by atoms with Crippen LogP contribution in [0.4, 0.5) is 0 Å². The summed E-state index contributed by atoms with van der Waals surface area (Å²) in [5.41, 5.74) is 13.7. The lowest BCUT2D eigenvalue weighted by Crippen LogP contribution is -2.10. The molecule has 0 aliphatic rings. The number of hydrogen-bond acceptors (Lipinski definition) is 3. The van der Waals surface area contributed by atoms with Crippen LogP contribution < -0.4 is 5.73 Å². The van der Waals surface area contributed by atoms with Gasteiger partial charge in [0, 0.05) is 16.8 Å². The normalized spacial score (nSPS) is 11.2. The van der Waals surface area contributed by atoms with Crippen molar-refractivity contribution in [2.75, 3.05) is 0 Å². The minimum absolute atomic E-state index is 0.441. The van der Waals surface area contributed by atoms with Crippen molar-refractivity contribution in [3.8, 4) is 22.6 Å². The molecule has 2 aromatic heterocycles. The number of aromatic nitrogens is 4. The van der Waals surface area contributed by atoms with Crippen molar-refractivity contribution < 1.29 is 4.79 Å². The molecule has 6 nitrogen and oxygen atoms in total. The van der Waals surface area contributed by atoms with E-state index in [-0.39, 0.29) is 0 Å². The molecule has 1 amide bonds. The zero-order valence-corrected chi connectivity index (χ0v) is 14.8. The molecule has 0 saturated carbocycles. The lowest BCUT2D eigenvalue weighted by molar-refractivity contribution is 0.100. The highest BCUT2D eigenvalue weighted by molar-refractivity contribution is 5.94. The quantitative estimate of drug-likeness (QED) is 0.528. The molecule has 0 radical (unpaired) electrons. The number of primary amides is 1. The Balaban J connectivity index is 1.85. The highest BCUT2D eigenvalue weighted by atomic mass is 16.1. The molecule has 4 N–H and O–H groups in total. The maximum absolute atomic E-state index is 11.3. The third kappa shape index (κ3) is 2.56. The topological polar surface area (TPSA) is 100 Å². The van der Waals surface area contributed by atoms with Gasteiger partial charge in [0.2, 0.25) is 5.91 Å². The van der Waals surface area contributed by atoms with Gasteiger partial charge in [-0.25, -0.2) is 4.98 Å². The summed E-state index contributed by atoms with van der Waals surface area (Å²) in [5, 5.41) is 7.49. The van der Waals surface area contributed by atoms with Crippen LogP contribution in [0, 0.1) is 20.8 Å². The van der Waals surface area contributed by atoms with Gasteiger partial charge in [-0.2, -0.15) is 5.10 Å². The summed E-state index contributed by atoms with van der Waals surface area (Å²) in [6, 6.07) is 11.4. The van der Waals surface area contributed by atoms with Gasteiger partial charge in [-0.15, -0.1) is 0 Å². The van der Waals surface area contributed by atoms with Gasteiger partial charge in [0.05, 0.1) is 11.0 Å². The van der Waals surface area contributed by atoms with Gasteiger partial charge in [-0.1, -0.05) is 12.1 Å². The Morgan fingerprint density at radius 1 is 1.04 bits per heavy atom. The number of benzene rings is 2. The van der Waals surface area contributed by atoms with Crippen molar-refractivity contribution in [2.24, 2.45) is 5.73 Å². The number of carbonyl (C=O) groups excluding carboxylic acids is 1. The first-order valence-corrected chi connectivity index (χ1v) is 8.36. The van der Waals surface area contributed by atoms with Crippen LogP contribution in [0.2, 0.25) is 0 Å². The average molecular weight is 345 g/mol. The standard InChI is InChI=1S/C20H19N5O/c1-10-8-15-16(9-11(10)2)23-20(22-15)18-17(12(3)24-25-18)13-4-6-14(7-5-13)19(21)26/h4-9H,1-3H3,(H2,21,26)(H,22,23)(H,24,25). The van der Waals surface area contributed by atoms with Crippen LogP contribution in [0.25, 0.3) is 33.7 Å². The number of fused-ring (bicyclic) bond motifs is 1. The second-order valence-electron chi connectivity index (χ2n) is 6.55. The first kappa shape index (κ1) is 16.1. The van der Waals surface area contributed by atoms with Crippen molar-refractivity contribution in [3.63, 3.8) is 0 Å². The van der Waals surface area contributed by atoms with Crippen LogP contribution in [0.1, 0.15) is 27.2 Å². The number of nitrogens with one attached hydrogen (secondary N) is 2. The number of H-pyrrole nitrogens is 2. The van der Waals surface area contributed by atoms with E-state index in [9.17, 15) is 4.79 Å². The largest absolute Gasteiger partial charge is 0.366 e. The summed E-state index contributed by atoms with van der Waals surface area (Å²) in [6.45, 7) is 6.12. The molecule has 4 rings (SSSR count). The van der Waals surface area contributed by atoms with E-state index >= 15 is 0 Å². The molecule has 0 aliphatic carbocycles. The van der Waals surface area contributed by atoms with Crippen molar-refractivity contribution in [1.82, 2.24) is 20.2 Å². The molecule has 0 spiro atoms. The molecule has 0 unspecified atom stereocenters. The average Bonchev–Trinajstić information content (AvgIpc) is 3.18. The predicted molar refractivity (Wildman–Crippen MR) is 102 cm³/mol. The Morgan fingerprint density at radius 2 is 1.73 bits per heavy atom. The highest BCUT2D eigenvalue weighted by Crippen LogP contribution is 2.33. The van der Waals surface area contributed by atoms with E-state index in [1.54, 1.807) is 12.1 Å². The summed E-state index contributed by atoms with van der Waals surface area (Å²) in [5.74, 6) is 0.270. The fourth-order valence-corrected chi connectivity index (χ4v) is 3.14. The van der Waals surface area contributed by atoms with E-state index in [0.29, 0.717) is 11.4 Å². The maximum Gasteiger partial charge on any atom is 0.248 e. The number of imidazole rings is 1. The zero-order valence-electron chi connectivity index (χ0n) is 14.8. The van der Waals surface area contributed by atoms with Gasteiger partial charge >= 0.3 is 0 Å². The predicted octanol–water partition coefficient (Wildman–Crippen LogP) is 3.64. The van der Waals surface area contributed by atoms with Crippen molar-refractivity contribution in [2.45, 2.75) is 20.8 Å². The molecule has 0 aliphatic heterocycles. The van der Waals surface area contributed by atoms with Gasteiger partial charge in [0.1, 0.15) is 5.69 Å². The Bertz CT molecular complexity index is 1100. The Labute approximate surface area is 150 Å². The number of carbonyl (C=O) groups is 1. The van der Waals surface area contributed by atoms with Crippen LogP contribution in [0.3, 0.4) is 0 Å². The summed E-state index contributed by atoms with van der Waals surface area (Å²) in [6.07, 6.45) is 0. The first-order valence-electron chi connectivity index (χ1n) is 8.36. The Kier molecular flexibility index (Phi) is 3.61. The highest BCUT2D eigenvalue weighted by Gasteiger charge is 2.18. The van der Waals surface area contributed by atoms with E-state index in [2.05, 4.69) is 41.2 Å². The lowest BCUT2D eigenvalue weighted by Gasteiger charge is -2.04. The molecule has 0 bridgehead atoms. The number of nitrogens with zero attached hydrogens (tertiary/aromatic N) is 2. The Hall–Kier alpha value is -3.41. The van der Waals surface area contributed by atoms with E-state index in [4.69, 9.17) is 10.7 Å². The van der Waals surface area contributed by atoms with E-state index in [0.717, 1.165) is 33.5 Å². The van der Waals surface area contributed by atoms with Crippen LogP contribution in [0.15, 0.2) is 36.4 Å². The van der Waals surface area contributed by atoms with Crippen LogP contribution in [0.5, 0.6) is 0 Å². The van der Waals surface area contributed by atoms with Gasteiger partial charge in [-0.05, 0) is 61.7 Å². The number of amides is 1. The lowest BCUT2D eigenvalue weighted by atomic mass is 10.0. The fraction of sp³-hybridized carbons (Fsp3) is 0.150. The first-order chi connectivity index (χ1) is 12.4. The number of aromatic amines is 2. The second-order valence-corrected chi connectivity index (χ2v) is 6.55. The van der Waals surface area contributed by atoms with Crippen molar-refractivity contribution in [1.29, 1.82) is 0 Å². The summed E-state index contributed by atoms with van der Waals surface area (Å²) < 4.78 is 0. The van der Waals surface area contributed by atoms with Crippen LogP contribution in [-0.4, -0.2) is 26.1 Å². The van der Waals surface area contributed by atoms with E-state index < -0.39 is 5.91 Å². The van der Waals surface area contributed by atoms with Gasteiger partial charge in [0.25, 0.3) is 0 Å². The molecule has 0 saturated heterocycles. The smallest absolute Gasteiger partial charge is 0.248 e. The van der Waals surface area contributed by atoms with E-state index in [1.807, 2.05) is 19.1 Å². The fourth-order valence-electron chi connectivity index (χ4n) is 3.14. The monoisotopic (exact) mass is 345 g/mol. The second kappa shape index (κ2) is 5.84. The third-order valence-corrected chi connectivity index (χ3v) is 4.73. The zero-order chi connectivity index (χ0) is 18.4. The minimum Gasteiger partial charge on any atom is -0.366 e. The number of aryl methyl sites for hydroxylation is 3. The number of hydrogen-bond donors (Lipinski definition) is 3.